The van der Waals surface area contributed by atoms with Gasteiger partial charge < -0.3 is 16.4 Å². The molecule has 3 heterocycles. The minimum atomic E-state index is -4.48. The number of nitrogen functional groups attached to an aromatic ring is 1. The second kappa shape index (κ2) is 9.15. The van der Waals surface area contributed by atoms with Gasteiger partial charge in [-0.25, -0.2) is 9.78 Å². The second-order valence-corrected chi connectivity index (χ2v) is 6.77. The molecule has 11 heteroatoms. The monoisotopic (exact) mass is 462 g/mol. The number of nitrogens with one attached hydrogen (secondary N) is 2. The van der Waals surface area contributed by atoms with Crippen molar-refractivity contribution < 1.29 is 18.0 Å². The van der Waals surface area contributed by atoms with E-state index in [1.165, 1.54) is 0 Å². The topological polar surface area (TPSA) is 97.3 Å². The largest absolute Gasteiger partial charge is 0.405 e. The van der Waals surface area contributed by atoms with Gasteiger partial charge in [0.25, 0.3) is 0 Å². The van der Waals surface area contributed by atoms with Gasteiger partial charge in [0.2, 0.25) is 0 Å². The highest BCUT2D eigenvalue weighted by Gasteiger charge is 2.27. The number of nitrogens with zero attached hydrogens (tertiary/aromatic N) is 3. The van der Waals surface area contributed by atoms with Crippen molar-refractivity contribution in [2.75, 3.05) is 17.6 Å². The number of pyridine rings is 2. The van der Waals surface area contributed by atoms with E-state index in [-0.39, 0.29) is 12.4 Å². The van der Waals surface area contributed by atoms with Gasteiger partial charge in [0.05, 0.1) is 29.5 Å². The van der Waals surface area contributed by atoms with Gasteiger partial charge in [0.1, 0.15) is 12.2 Å². The molecule has 2 amide bonds. The summed E-state index contributed by atoms with van der Waals surface area (Å²) in [5.41, 5.74) is 10.4. The van der Waals surface area contributed by atoms with Crippen LogP contribution in [0.4, 0.5) is 29.3 Å². The van der Waals surface area contributed by atoms with Crippen LogP contribution in [-0.2, 0) is 0 Å². The normalized spacial score (nSPS) is 11.1. The van der Waals surface area contributed by atoms with Crippen LogP contribution in [0, 0.1) is 0 Å². The van der Waals surface area contributed by atoms with E-state index >= 15 is 0 Å². The zero-order valence-electron chi connectivity index (χ0n) is 16.4. The number of hydrogen-bond donors (Lipinski definition) is 3. The van der Waals surface area contributed by atoms with Crippen molar-refractivity contribution in [1.29, 1.82) is 0 Å². The quantitative estimate of drug-likeness (QED) is 0.407. The predicted molar refractivity (Wildman–Crippen MR) is 119 cm³/mol. The third kappa shape index (κ3) is 5.27. The summed E-state index contributed by atoms with van der Waals surface area (Å²) >= 11 is 0. The molecular weight excluding hydrogens is 445 g/mol. The van der Waals surface area contributed by atoms with Gasteiger partial charge in [-0.15, -0.1) is 12.4 Å². The smallest absolute Gasteiger partial charge is 0.397 e. The summed E-state index contributed by atoms with van der Waals surface area (Å²) in [4.78, 5) is 20.5. The molecule has 0 aliphatic carbocycles. The van der Waals surface area contributed by atoms with E-state index in [2.05, 4.69) is 15.3 Å². The number of hydrogen-bond acceptors (Lipinski definition) is 4. The number of aromatic nitrogens is 3. The lowest BCUT2D eigenvalue weighted by Gasteiger charge is -2.11. The zero-order chi connectivity index (χ0) is 22.0. The Bertz CT molecular complexity index is 1240. The average Bonchev–Trinajstić information content (AvgIpc) is 3.16. The average molecular weight is 463 g/mol. The number of amides is 2. The van der Waals surface area contributed by atoms with Gasteiger partial charge in [-0.1, -0.05) is 12.1 Å². The maximum atomic E-state index is 12.2. The number of halogens is 4. The maximum absolute atomic E-state index is 12.2. The zero-order valence-corrected chi connectivity index (χ0v) is 17.2. The van der Waals surface area contributed by atoms with E-state index in [1.54, 1.807) is 42.0 Å². The van der Waals surface area contributed by atoms with Crippen LogP contribution < -0.4 is 16.4 Å². The van der Waals surface area contributed by atoms with Crippen LogP contribution in [0.5, 0.6) is 0 Å². The van der Waals surface area contributed by atoms with E-state index in [0.29, 0.717) is 17.0 Å². The van der Waals surface area contributed by atoms with Gasteiger partial charge in [0, 0.05) is 23.0 Å². The number of alkyl halides is 3. The Labute approximate surface area is 186 Å². The Morgan fingerprint density at radius 3 is 2.56 bits per heavy atom. The molecular formula is C21H18ClF3N6O. The van der Waals surface area contributed by atoms with Crippen molar-refractivity contribution in [2.24, 2.45) is 0 Å². The number of anilines is 2. The first-order valence-electron chi connectivity index (χ1n) is 9.19. The van der Waals surface area contributed by atoms with E-state index in [4.69, 9.17) is 5.73 Å². The van der Waals surface area contributed by atoms with Crippen molar-refractivity contribution in [3.8, 4) is 22.5 Å². The van der Waals surface area contributed by atoms with Crippen molar-refractivity contribution >= 4 is 35.5 Å². The number of imidazole rings is 1. The summed E-state index contributed by atoms with van der Waals surface area (Å²) in [6.45, 7) is -1.41. The second-order valence-electron chi connectivity index (χ2n) is 6.77. The summed E-state index contributed by atoms with van der Waals surface area (Å²) < 4.78 is 38.6. The molecule has 0 saturated carbocycles. The van der Waals surface area contributed by atoms with E-state index in [9.17, 15) is 18.0 Å². The summed E-state index contributed by atoms with van der Waals surface area (Å²) in [5, 5.41) is 4.18. The molecule has 4 rings (SSSR count). The van der Waals surface area contributed by atoms with Crippen LogP contribution >= 0.6 is 12.4 Å². The van der Waals surface area contributed by atoms with Gasteiger partial charge in [-0.2, -0.15) is 13.2 Å². The van der Waals surface area contributed by atoms with Gasteiger partial charge in [-0.3, -0.25) is 9.38 Å². The molecule has 7 nitrogen and oxygen atoms in total. The lowest BCUT2D eigenvalue weighted by molar-refractivity contribution is -0.122. The Balaban J connectivity index is 0.00000289. The molecule has 0 radical (unpaired) electrons. The highest BCUT2D eigenvalue weighted by molar-refractivity contribution is 5.90. The van der Waals surface area contributed by atoms with Crippen molar-refractivity contribution in [3.05, 3.63) is 67.1 Å². The third-order valence-corrected chi connectivity index (χ3v) is 4.46. The minimum absolute atomic E-state index is 0. The SMILES string of the molecule is Cl.Nc1ccc(-c2ccn3c(-c4cccc(NC(=O)NCC(F)(F)F)c4)cnc3c2)nc1. The Morgan fingerprint density at radius 2 is 1.84 bits per heavy atom. The summed E-state index contributed by atoms with van der Waals surface area (Å²) in [7, 11) is 0. The summed E-state index contributed by atoms with van der Waals surface area (Å²) in [6, 6.07) is 13.2. The number of benzene rings is 1. The highest BCUT2D eigenvalue weighted by atomic mass is 35.5. The fraction of sp³-hybridized carbons (Fsp3) is 0.0952. The molecule has 0 unspecified atom stereocenters. The van der Waals surface area contributed by atoms with Crippen molar-refractivity contribution in [2.45, 2.75) is 6.18 Å². The molecule has 0 bridgehead atoms. The van der Waals surface area contributed by atoms with Gasteiger partial charge >= 0.3 is 12.2 Å². The number of carbonyl (C=O) groups excluding carboxylic acids is 1. The Kier molecular flexibility index (Phi) is 6.54. The summed E-state index contributed by atoms with van der Waals surface area (Å²) in [5.74, 6) is 0. The first-order chi connectivity index (χ1) is 14.8. The van der Waals surface area contributed by atoms with Gasteiger partial charge in [0.15, 0.2) is 0 Å². The van der Waals surface area contributed by atoms with Crippen molar-refractivity contribution in [3.63, 3.8) is 0 Å². The van der Waals surface area contributed by atoms with Crippen LogP contribution in [0.15, 0.2) is 67.1 Å². The molecule has 0 atom stereocenters. The number of carbonyl (C=O) groups is 1. The highest BCUT2D eigenvalue weighted by Crippen LogP contribution is 2.26. The molecule has 4 aromatic rings. The van der Waals surface area contributed by atoms with Crippen LogP contribution in [0.1, 0.15) is 0 Å². The van der Waals surface area contributed by atoms with E-state index in [1.807, 2.05) is 34.9 Å². The predicted octanol–water partition coefficient (Wildman–Crippen LogP) is 4.75. The van der Waals surface area contributed by atoms with Crippen LogP contribution in [0.25, 0.3) is 28.2 Å². The lowest BCUT2D eigenvalue weighted by atomic mass is 10.1. The van der Waals surface area contributed by atoms with Crippen molar-refractivity contribution in [1.82, 2.24) is 19.7 Å². The Morgan fingerprint density at radius 1 is 1.03 bits per heavy atom. The van der Waals surface area contributed by atoms with Gasteiger partial charge in [-0.05, 0) is 36.4 Å². The molecule has 4 N–H and O–H groups in total. The minimum Gasteiger partial charge on any atom is -0.397 e. The molecule has 32 heavy (non-hydrogen) atoms. The first kappa shape index (κ1) is 22.9. The molecule has 0 aliphatic heterocycles. The van der Waals surface area contributed by atoms with E-state index in [0.717, 1.165) is 22.5 Å². The number of rotatable bonds is 4. The molecule has 0 spiro atoms. The number of nitrogens with two attached hydrogens (primary N) is 1. The molecule has 0 aliphatic rings. The van der Waals surface area contributed by atoms with E-state index < -0.39 is 18.8 Å². The maximum Gasteiger partial charge on any atom is 0.405 e. The molecule has 3 aromatic heterocycles. The number of fused-ring (bicyclic) bond motifs is 1. The lowest BCUT2D eigenvalue weighted by Crippen LogP contribution is -2.36. The van der Waals surface area contributed by atoms with Crippen LogP contribution in [-0.4, -0.2) is 33.1 Å². The molecule has 1 aromatic carbocycles. The molecule has 0 saturated heterocycles. The number of urea groups is 1. The fourth-order valence-corrected chi connectivity index (χ4v) is 3.04. The fourth-order valence-electron chi connectivity index (χ4n) is 3.04. The standard InChI is InChI=1S/C21H17F3N6O.ClH/c22-21(23,24)12-28-20(31)29-16-3-1-2-14(8-16)18-11-27-19-9-13(6-7-30(18)19)17-5-4-15(25)10-26-17;/h1-11H,12,25H2,(H2,28,29,31);1H. The molecule has 166 valence electrons. The summed E-state index contributed by atoms with van der Waals surface area (Å²) in [6.07, 6.45) is 0.635. The Hall–Kier alpha value is -3.79. The van der Waals surface area contributed by atoms with Crippen LogP contribution in [0.3, 0.4) is 0 Å². The van der Waals surface area contributed by atoms with Crippen LogP contribution in [0.2, 0.25) is 0 Å². The first-order valence-corrected chi connectivity index (χ1v) is 9.19. The molecule has 0 fully saturated rings. The third-order valence-electron chi connectivity index (χ3n) is 4.46.